The van der Waals surface area contributed by atoms with Crippen molar-refractivity contribution in [3.8, 4) is 0 Å². The lowest BCUT2D eigenvalue weighted by molar-refractivity contribution is -0.137. The van der Waals surface area contributed by atoms with Gasteiger partial charge in [-0.15, -0.1) is 0 Å². The first-order valence-electron chi connectivity index (χ1n) is 22.9. The standard InChI is InChI=1S/C43H68N7O17P3S/c1-4-5-6-7-8-9-10-11-12-13-14-15-16-17-18-19-20-21-22-23-34(52)71-27-26-45-33(51)24-25-46-41(55)38(54)43(2,3)29-64-70(61,62)67-69(59,60)63-28-32-37(66-68(56,57)58)36(53)42(65-32)50-31-49-35-39(44)47-30-48-40(35)50/h5-6,8-9,11-12,14-15,17-18,30-32,36-38,42,53-54H,4,7,10,13,16,19-29H2,1-3H3,(H,45,51)(H,46,55)(H,59,60)(H,61,62)(H2,44,47,48)(H2,56,57,58)/b6-5-,9-8-,12-11-,15-14-,18-17-/t32-,36+,37+,38?,42-/m0/s1. The molecule has 0 aliphatic carbocycles. The maximum Gasteiger partial charge on any atom is 0.481 e. The maximum atomic E-state index is 12.8. The molecule has 0 spiro atoms. The Morgan fingerprint density at radius 1 is 0.859 bits per heavy atom. The average molecular weight is 1080 g/mol. The highest BCUT2D eigenvalue weighted by Crippen LogP contribution is 2.61. The predicted molar refractivity (Wildman–Crippen MR) is 265 cm³/mol. The Morgan fingerprint density at radius 3 is 2.11 bits per heavy atom. The molecule has 0 saturated carbocycles. The number of unbranched alkanes of at least 4 members (excludes halogenated alkanes) is 3. The van der Waals surface area contributed by atoms with Crippen LogP contribution in [0.15, 0.2) is 73.4 Å². The highest BCUT2D eigenvalue weighted by molar-refractivity contribution is 8.13. The van der Waals surface area contributed by atoms with E-state index >= 15 is 0 Å². The number of carbonyl (C=O) groups excluding carboxylic acids is 3. The van der Waals surface area contributed by atoms with Gasteiger partial charge in [0.25, 0.3) is 0 Å². The minimum atomic E-state index is -5.58. The molecule has 1 fully saturated rings. The molecule has 71 heavy (non-hydrogen) atoms. The number of aliphatic hydroxyl groups is 2. The molecule has 2 amide bonds. The number of aliphatic hydroxyl groups excluding tert-OH is 2. The third-order valence-electron chi connectivity index (χ3n) is 10.2. The van der Waals surface area contributed by atoms with Gasteiger partial charge in [0, 0.05) is 37.1 Å². The Balaban J connectivity index is 1.28. The van der Waals surface area contributed by atoms with Crippen LogP contribution in [0.25, 0.3) is 11.2 Å². The van der Waals surface area contributed by atoms with Crippen LogP contribution in [0, 0.1) is 5.41 Å². The summed E-state index contributed by atoms with van der Waals surface area (Å²) in [5.41, 5.74) is 4.28. The number of hydrogen-bond acceptors (Lipinski definition) is 18. The fourth-order valence-electron chi connectivity index (χ4n) is 6.44. The van der Waals surface area contributed by atoms with Crippen molar-refractivity contribution < 1.29 is 80.5 Å². The molecule has 398 valence electrons. The number of fused-ring (bicyclic) bond motifs is 1. The van der Waals surface area contributed by atoms with Crippen molar-refractivity contribution in [2.45, 2.75) is 122 Å². The topological polar surface area (TPSA) is 364 Å². The first kappa shape index (κ1) is 61.6. The van der Waals surface area contributed by atoms with Crippen LogP contribution in [-0.4, -0.2) is 123 Å². The molecule has 3 rings (SSSR count). The van der Waals surface area contributed by atoms with Crippen molar-refractivity contribution in [3.05, 3.63) is 73.4 Å². The van der Waals surface area contributed by atoms with E-state index < -0.39 is 84.6 Å². The molecule has 10 N–H and O–H groups in total. The Morgan fingerprint density at radius 2 is 1.48 bits per heavy atom. The predicted octanol–water partition coefficient (Wildman–Crippen LogP) is 5.37. The van der Waals surface area contributed by atoms with E-state index in [-0.39, 0.29) is 41.6 Å². The molecule has 0 aromatic carbocycles. The fourth-order valence-corrected chi connectivity index (χ4v) is 9.99. The molecular formula is C43H68N7O17P3S. The van der Waals surface area contributed by atoms with Gasteiger partial charge in [0.2, 0.25) is 11.8 Å². The summed E-state index contributed by atoms with van der Waals surface area (Å²) in [4.78, 5) is 88.4. The zero-order chi connectivity index (χ0) is 52.5. The summed E-state index contributed by atoms with van der Waals surface area (Å²) in [7, 11) is -16.4. The van der Waals surface area contributed by atoms with E-state index in [2.05, 4.69) is 102 Å². The Hall–Kier alpha value is -3.74. The van der Waals surface area contributed by atoms with Gasteiger partial charge in [0.1, 0.15) is 36.3 Å². The van der Waals surface area contributed by atoms with E-state index in [0.29, 0.717) is 12.2 Å². The molecular weight excluding hydrogens is 1010 g/mol. The molecule has 28 heteroatoms. The number of amides is 2. The van der Waals surface area contributed by atoms with Gasteiger partial charge in [-0.05, 0) is 51.4 Å². The summed E-state index contributed by atoms with van der Waals surface area (Å²) in [5.74, 6) is -1.07. The molecule has 3 heterocycles. The van der Waals surface area contributed by atoms with Crippen LogP contribution in [-0.2, 0) is 50.7 Å². The molecule has 24 nitrogen and oxygen atoms in total. The van der Waals surface area contributed by atoms with Gasteiger partial charge in [-0.2, -0.15) is 4.31 Å². The van der Waals surface area contributed by atoms with E-state index in [4.69, 9.17) is 19.5 Å². The van der Waals surface area contributed by atoms with Gasteiger partial charge < -0.3 is 50.9 Å². The third-order valence-corrected chi connectivity index (χ3v) is 14.2. The largest absolute Gasteiger partial charge is 0.481 e. The van der Waals surface area contributed by atoms with Crippen molar-refractivity contribution in [3.63, 3.8) is 0 Å². The molecule has 2 aromatic rings. The number of thioether (sulfide) groups is 1. The van der Waals surface area contributed by atoms with E-state index in [9.17, 15) is 57.9 Å². The number of aromatic nitrogens is 4. The van der Waals surface area contributed by atoms with E-state index in [1.165, 1.54) is 13.8 Å². The fraction of sp³-hybridized carbons (Fsp3) is 0.581. The number of hydrogen-bond donors (Lipinski definition) is 9. The average Bonchev–Trinajstić information content (AvgIpc) is 3.86. The van der Waals surface area contributed by atoms with Crippen LogP contribution in [0.2, 0.25) is 0 Å². The summed E-state index contributed by atoms with van der Waals surface area (Å²) in [5, 5.41) is 26.6. The molecule has 1 aliphatic heterocycles. The second-order valence-corrected chi connectivity index (χ2v) is 22.0. The second kappa shape index (κ2) is 31.1. The number of ether oxygens (including phenoxy) is 1. The van der Waals surface area contributed by atoms with Gasteiger partial charge in [-0.1, -0.05) is 99.7 Å². The van der Waals surface area contributed by atoms with Crippen molar-refractivity contribution in [1.29, 1.82) is 0 Å². The highest BCUT2D eigenvalue weighted by Gasteiger charge is 2.50. The Kier molecular flexibility index (Phi) is 27.0. The van der Waals surface area contributed by atoms with Crippen LogP contribution in [0.3, 0.4) is 0 Å². The summed E-state index contributed by atoms with van der Waals surface area (Å²) in [6.07, 6.45) is 23.6. The SMILES string of the molecule is CC/C=C\C/C=C\C/C=C\C/C=C\C/C=C\CCCCCC(=O)SCCNC(=O)CCNC(=O)C(O)C(C)(C)COP(=O)(O)OP(=O)(O)OC[C@@H]1O[C@H](n2cnc3c(N)ncnc32)[C@H](O)[C@@H]1OP(=O)(O)O. The molecule has 3 unspecified atom stereocenters. The van der Waals surface area contributed by atoms with Crippen molar-refractivity contribution in [2.75, 3.05) is 37.8 Å². The first-order valence-corrected chi connectivity index (χ1v) is 28.4. The number of anilines is 1. The molecule has 1 aliphatic rings. The molecule has 0 radical (unpaired) electrons. The monoisotopic (exact) mass is 1080 g/mol. The first-order chi connectivity index (χ1) is 33.6. The second-order valence-electron chi connectivity index (χ2n) is 16.6. The Labute approximate surface area is 417 Å². The van der Waals surface area contributed by atoms with Gasteiger partial charge in [0.15, 0.2) is 22.8 Å². The molecule has 0 bridgehead atoms. The maximum absolute atomic E-state index is 12.8. The lowest BCUT2D eigenvalue weighted by Crippen LogP contribution is -2.46. The van der Waals surface area contributed by atoms with Gasteiger partial charge >= 0.3 is 23.5 Å². The van der Waals surface area contributed by atoms with E-state index in [1.54, 1.807) is 0 Å². The normalized spacial score (nSPS) is 20.2. The zero-order valence-corrected chi connectivity index (χ0v) is 43.4. The van der Waals surface area contributed by atoms with E-state index in [1.807, 2.05) is 0 Å². The minimum absolute atomic E-state index is 0.0305. The van der Waals surface area contributed by atoms with Crippen LogP contribution in [0.5, 0.6) is 0 Å². The number of nitrogens with two attached hydrogens (primary N) is 1. The number of carbonyl (C=O) groups is 3. The quantitative estimate of drug-likeness (QED) is 0.0242. The summed E-state index contributed by atoms with van der Waals surface area (Å²) in [6, 6.07) is 0. The number of nitrogens with one attached hydrogen (secondary N) is 2. The number of phosphoric acid groups is 3. The summed E-state index contributed by atoms with van der Waals surface area (Å²) < 4.78 is 62.5. The number of phosphoric ester groups is 3. The van der Waals surface area contributed by atoms with E-state index in [0.717, 1.165) is 86.8 Å². The van der Waals surface area contributed by atoms with Crippen molar-refractivity contribution in [1.82, 2.24) is 30.2 Å². The van der Waals surface area contributed by atoms with Gasteiger partial charge in [-0.25, -0.2) is 28.6 Å². The number of allylic oxidation sites excluding steroid dienone is 10. The van der Waals surface area contributed by atoms with Crippen molar-refractivity contribution >= 4 is 69.1 Å². The lowest BCUT2D eigenvalue weighted by atomic mass is 9.87. The summed E-state index contributed by atoms with van der Waals surface area (Å²) >= 11 is 1.13. The smallest absolute Gasteiger partial charge is 0.386 e. The minimum Gasteiger partial charge on any atom is -0.386 e. The molecule has 7 atom stereocenters. The lowest BCUT2D eigenvalue weighted by Gasteiger charge is -2.30. The molecule has 1 saturated heterocycles. The van der Waals surface area contributed by atoms with Crippen LogP contribution >= 0.6 is 35.2 Å². The van der Waals surface area contributed by atoms with Gasteiger partial charge in [-0.3, -0.25) is 32.5 Å². The number of imidazole rings is 1. The van der Waals surface area contributed by atoms with Gasteiger partial charge in [0.05, 0.1) is 19.5 Å². The number of rotatable bonds is 34. The Bertz CT molecular complexity index is 2310. The van der Waals surface area contributed by atoms with Crippen LogP contribution in [0.4, 0.5) is 5.82 Å². The van der Waals surface area contributed by atoms with Crippen LogP contribution < -0.4 is 16.4 Å². The highest BCUT2D eigenvalue weighted by atomic mass is 32.2. The number of nitrogen functional groups attached to an aromatic ring is 1. The van der Waals surface area contributed by atoms with Crippen LogP contribution in [0.1, 0.15) is 97.6 Å². The summed E-state index contributed by atoms with van der Waals surface area (Å²) in [6.45, 7) is 2.65. The molecule has 2 aromatic heterocycles. The van der Waals surface area contributed by atoms with Crippen molar-refractivity contribution in [2.24, 2.45) is 5.41 Å². The zero-order valence-electron chi connectivity index (χ0n) is 39.9. The third kappa shape index (κ3) is 23.8. The number of nitrogens with zero attached hydrogens (tertiary/aromatic N) is 4.